The number of esters is 1. The number of hydrogen-bond donors (Lipinski definition) is 1. The van der Waals surface area contributed by atoms with Crippen LogP contribution in [0.3, 0.4) is 0 Å². The first-order valence-corrected chi connectivity index (χ1v) is 7.02. The second-order valence-corrected chi connectivity index (χ2v) is 4.95. The largest absolute Gasteiger partial charge is 0.468 e. The predicted octanol–water partition coefficient (Wildman–Crippen LogP) is 0.277. The number of amides is 2. The van der Waals surface area contributed by atoms with Gasteiger partial charge in [-0.1, -0.05) is 19.1 Å². The van der Waals surface area contributed by atoms with E-state index in [0.717, 1.165) is 0 Å². The van der Waals surface area contributed by atoms with Crippen LogP contribution in [0.25, 0.3) is 0 Å². The molecular weight excluding hydrogens is 286 g/mol. The van der Waals surface area contributed by atoms with Crippen molar-refractivity contribution in [3.8, 4) is 0 Å². The van der Waals surface area contributed by atoms with Crippen LogP contribution in [0.4, 0.5) is 11.4 Å². The Balaban J connectivity index is 2.51. The number of nitrogens with two attached hydrogens (primary N) is 1. The lowest BCUT2D eigenvalue weighted by Crippen LogP contribution is -2.49. The van der Waals surface area contributed by atoms with Gasteiger partial charge in [0.2, 0.25) is 11.8 Å². The summed E-state index contributed by atoms with van der Waals surface area (Å²) in [6.45, 7) is 1.59. The lowest BCUT2D eigenvalue weighted by Gasteiger charge is -2.24. The molecule has 1 heterocycles. The highest BCUT2D eigenvalue weighted by atomic mass is 16.5. The van der Waals surface area contributed by atoms with E-state index < -0.39 is 17.9 Å². The standard InChI is InChI=1S/C15H19N3O4/c1-3-13(19)17-8-10(16)15(21)18(9-14(20)22-2)12-7-5-4-6-11(12)17/h4-7,10H,3,8-9,16H2,1-2H3/t10-/m0/s1. The third-order valence-electron chi connectivity index (χ3n) is 3.54. The first-order valence-electron chi connectivity index (χ1n) is 7.02. The van der Waals surface area contributed by atoms with E-state index >= 15 is 0 Å². The van der Waals surface area contributed by atoms with Crippen LogP contribution in [0, 0.1) is 0 Å². The average molecular weight is 305 g/mol. The quantitative estimate of drug-likeness (QED) is 0.810. The molecule has 1 aromatic carbocycles. The zero-order valence-electron chi connectivity index (χ0n) is 12.6. The van der Waals surface area contributed by atoms with Gasteiger partial charge in [0.1, 0.15) is 12.6 Å². The normalized spacial score (nSPS) is 17.8. The maximum absolute atomic E-state index is 12.5. The Hall–Kier alpha value is -2.41. The van der Waals surface area contributed by atoms with Gasteiger partial charge in [0, 0.05) is 6.42 Å². The van der Waals surface area contributed by atoms with Gasteiger partial charge in [-0.2, -0.15) is 0 Å². The van der Waals surface area contributed by atoms with E-state index in [9.17, 15) is 14.4 Å². The molecule has 2 amide bonds. The van der Waals surface area contributed by atoms with Gasteiger partial charge in [-0.05, 0) is 12.1 Å². The summed E-state index contributed by atoms with van der Waals surface area (Å²) in [5, 5.41) is 0. The summed E-state index contributed by atoms with van der Waals surface area (Å²) in [5.74, 6) is -1.09. The Morgan fingerprint density at radius 2 is 1.95 bits per heavy atom. The van der Waals surface area contributed by atoms with Gasteiger partial charge < -0.3 is 15.4 Å². The van der Waals surface area contributed by atoms with E-state index in [2.05, 4.69) is 4.74 Å². The Morgan fingerprint density at radius 1 is 1.32 bits per heavy atom. The van der Waals surface area contributed by atoms with Gasteiger partial charge in [0.15, 0.2) is 0 Å². The molecule has 0 unspecified atom stereocenters. The van der Waals surface area contributed by atoms with Gasteiger partial charge in [-0.15, -0.1) is 0 Å². The molecule has 0 saturated heterocycles. The van der Waals surface area contributed by atoms with Crippen molar-refractivity contribution in [1.29, 1.82) is 0 Å². The highest BCUT2D eigenvalue weighted by molar-refractivity contribution is 6.08. The fourth-order valence-electron chi connectivity index (χ4n) is 2.40. The summed E-state index contributed by atoms with van der Waals surface area (Å²) >= 11 is 0. The summed E-state index contributed by atoms with van der Waals surface area (Å²) in [6, 6.07) is 6.03. The van der Waals surface area contributed by atoms with Gasteiger partial charge in [0.25, 0.3) is 0 Å². The van der Waals surface area contributed by atoms with Crippen LogP contribution in [0.2, 0.25) is 0 Å². The number of methoxy groups -OCH3 is 1. The summed E-state index contributed by atoms with van der Waals surface area (Å²) < 4.78 is 4.63. The van der Waals surface area contributed by atoms with Crippen molar-refractivity contribution in [1.82, 2.24) is 0 Å². The van der Waals surface area contributed by atoms with E-state index in [4.69, 9.17) is 5.73 Å². The number of fused-ring (bicyclic) bond motifs is 1. The molecule has 0 fully saturated rings. The minimum atomic E-state index is -0.896. The number of ether oxygens (including phenoxy) is 1. The third kappa shape index (κ3) is 2.94. The molecule has 2 rings (SSSR count). The first kappa shape index (κ1) is 16.0. The second kappa shape index (κ2) is 6.57. The number of para-hydroxylation sites is 2. The van der Waals surface area contributed by atoms with Crippen LogP contribution in [-0.2, 0) is 19.1 Å². The van der Waals surface area contributed by atoms with Crippen LogP contribution in [-0.4, -0.2) is 44.0 Å². The van der Waals surface area contributed by atoms with Crippen molar-refractivity contribution in [2.24, 2.45) is 5.73 Å². The maximum Gasteiger partial charge on any atom is 0.325 e. The molecule has 0 saturated carbocycles. The second-order valence-electron chi connectivity index (χ2n) is 4.95. The average Bonchev–Trinajstić information content (AvgIpc) is 2.64. The van der Waals surface area contributed by atoms with E-state index in [1.807, 2.05) is 0 Å². The summed E-state index contributed by atoms with van der Waals surface area (Å²) in [5.41, 5.74) is 6.96. The highest BCUT2D eigenvalue weighted by Gasteiger charge is 2.34. The monoisotopic (exact) mass is 305 g/mol. The fourth-order valence-corrected chi connectivity index (χ4v) is 2.40. The van der Waals surface area contributed by atoms with E-state index in [1.165, 1.54) is 16.9 Å². The number of anilines is 2. The van der Waals surface area contributed by atoms with E-state index in [1.54, 1.807) is 31.2 Å². The van der Waals surface area contributed by atoms with E-state index in [-0.39, 0.29) is 19.0 Å². The van der Waals surface area contributed by atoms with Crippen molar-refractivity contribution < 1.29 is 19.1 Å². The molecule has 1 aliphatic rings. The number of carbonyl (C=O) groups is 3. The lowest BCUT2D eigenvalue weighted by atomic mass is 10.2. The molecule has 1 atom stereocenters. The summed E-state index contributed by atoms with van der Waals surface area (Å²) in [7, 11) is 1.25. The Bertz CT molecular complexity index is 602. The lowest BCUT2D eigenvalue weighted by molar-refractivity contribution is -0.140. The Kier molecular flexibility index (Phi) is 4.77. The minimum Gasteiger partial charge on any atom is -0.468 e. The number of hydrogen-bond acceptors (Lipinski definition) is 5. The van der Waals surface area contributed by atoms with Gasteiger partial charge in [-0.25, -0.2) is 0 Å². The molecule has 0 aliphatic carbocycles. The molecular formula is C15H19N3O4. The zero-order valence-corrected chi connectivity index (χ0v) is 12.6. The number of benzene rings is 1. The molecule has 0 radical (unpaired) electrons. The van der Waals surface area contributed by atoms with Crippen molar-refractivity contribution in [3.05, 3.63) is 24.3 Å². The molecule has 1 aliphatic heterocycles. The molecule has 0 aromatic heterocycles. The summed E-state index contributed by atoms with van der Waals surface area (Å²) in [6.07, 6.45) is 0.298. The predicted molar refractivity (Wildman–Crippen MR) is 81.4 cm³/mol. The molecule has 0 spiro atoms. The number of nitrogens with zero attached hydrogens (tertiary/aromatic N) is 2. The zero-order chi connectivity index (χ0) is 16.3. The van der Waals surface area contributed by atoms with Crippen LogP contribution >= 0.6 is 0 Å². The first-order chi connectivity index (χ1) is 10.5. The molecule has 7 heteroatoms. The van der Waals surface area contributed by atoms with Crippen molar-refractivity contribution in [3.63, 3.8) is 0 Å². The number of rotatable bonds is 3. The fraction of sp³-hybridized carbons (Fsp3) is 0.400. The van der Waals surface area contributed by atoms with Gasteiger partial charge >= 0.3 is 5.97 Å². The van der Waals surface area contributed by atoms with Crippen molar-refractivity contribution in [2.75, 3.05) is 30.0 Å². The molecule has 7 nitrogen and oxygen atoms in total. The van der Waals surface area contributed by atoms with Gasteiger partial charge in [-0.3, -0.25) is 19.3 Å². The topological polar surface area (TPSA) is 92.9 Å². The van der Waals surface area contributed by atoms with Crippen LogP contribution in [0.5, 0.6) is 0 Å². The molecule has 22 heavy (non-hydrogen) atoms. The minimum absolute atomic E-state index is 0.0835. The SMILES string of the molecule is CCC(=O)N1C[C@H](N)C(=O)N(CC(=O)OC)c2ccccc21. The Morgan fingerprint density at radius 3 is 2.55 bits per heavy atom. The van der Waals surface area contributed by atoms with Crippen LogP contribution in [0.1, 0.15) is 13.3 Å². The maximum atomic E-state index is 12.5. The number of carbonyl (C=O) groups excluding carboxylic acids is 3. The molecule has 2 N–H and O–H groups in total. The molecule has 118 valence electrons. The van der Waals surface area contributed by atoms with E-state index in [0.29, 0.717) is 17.8 Å². The van der Waals surface area contributed by atoms with Crippen molar-refractivity contribution in [2.45, 2.75) is 19.4 Å². The van der Waals surface area contributed by atoms with Gasteiger partial charge in [0.05, 0.1) is 25.0 Å². The molecule has 1 aromatic rings. The Labute approximate surface area is 128 Å². The van der Waals surface area contributed by atoms with Crippen molar-refractivity contribution >= 4 is 29.2 Å². The summed E-state index contributed by atoms with van der Waals surface area (Å²) in [4.78, 5) is 39.0. The van der Waals surface area contributed by atoms with Crippen LogP contribution in [0.15, 0.2) is 24.3 Å². The third-order valence-corrected chi connectivity index (χ3v) is 3.54. The smallest absolute Gasteiger partial charge is 0.325 e. The molecule has 0 bridgehead atoms. The van der Waals surface area contributed by atoms with Crippen LogP contribution < -0.4 is 15.5 Å². The highest BCUT2D eigenvalue weighted by Crippen LogP contribution is 2.32.